The molecule has 1 aliphatic heterocycles. The minimum absolute atomic E-state index is 0.0170. The predicted octanol–water partition coefficient (Wildman–Crippen LogP) is -4.49. The lowest BCUT2D eigenvalue weighted by Gasteiger charge is -2.28. The van der Waals surface area contributed by atoms with E-state index in [4.69, 9.17) is 9.47 Å². The van der Waals surface area contributed by atoms with Crippen molar-refractivity contribution in [1.82, 2.24) is 31.7 Å². The van der Waals surface area contributed by atoms with Crippen LogP contribution >= 0.6 is 0 Å². The van der Waals surface area contributed by atoms with E-state index >= 15 is 0 Å². The molecule has 4 atom stereocenters. The summed E-state index contributed by atoms with van der Waals surface area (Å²) < 4.78 is 10.4. The van der Waals surface area contributed by atoms with Crippen molar-refractivity contribution in [2.24, 2.45) is 0 Å². The number of nitrogens with zero attached hydrogens (tertiary/aromatic N) is 1. The van der Waals surface area contributed by atoms with E-state index in [1.165, 1.54) is 13.8 Å². The highest BCUT2D eigenvalue weighted by Gasteiger charge is 2.31. The fourth-order valence-corrected chi connectivity index (χ4v) is 2.91. The Labute approximate surface area is 207 Å². The standard InChI is InChI=1S/C20H34N6O10/c1-11(28)8-13-18(32)25-26(3)19(33)16(12(2)29)24-15(30)10-36-7-6-35-5-4-21-17(31)14(9-27)23-20(34)22-13/h12-14,16,27,29H,4-10H2,1-3H3,(H,21,31)(H,24,30)(H,25,32)(H2,22,23,34)/t12?,13-,14-,16-/m1/s1. The number of hydrogen-bond acceptors (Lipinski definition) is 10. The van der Waals surface area contributed by atoms with Crippen molar-refractivity contribution < 1.29 is 48.5 Å². The lowest BCUT2D eigenvalue weighted by atomic mass is 10.1. The van der Waals surface area contributed by atoms with Gasteiger partial charge in [-0.25, -0.2) is 4.79 Å². The molecule has 1 saturated heterocycles. The van der Waals surface area contributed by atoms with Crippen molar-refractivity contribution in [2.45, 2.75) is 44.5 Å². The van der Waals surface area contributed by atoms with Crippen molar-refractivity contribution >= 4 is 35.4 Å². The highest BCUT2D eigenvalue weighted by atomic mass is 16.5. The van der Waals surface area contributed by atoms with Crippen molar-refractivity contribution in [3.8, 4) is 0 Å². The van der Waals surface area contributed by atoms with Gasteiger partial charge in [0.1, 0.15) is 30.5 Å². The molecule has 16 heteroatoms. The number of ether oxygens (including phenoxy) is 2. The summed E-state index contributed by atoms with van der Waals surface area (Å²) in [6, 6.07) is -5.30. The summed E-state index contributed by atoms with van der Waals surface area (Å²) in [5.74, 6) is -3.78. The minimum atomic E-state index is -1.46. The number of nitrogens with one attached hydrogen (secondary N) is 5. The Morgan fingerprint density at radius 2 is 1.67 bits per heavy atom. The molecule has 0 aliphatic carbocycles. The number of aliphatic hydroxyl groups excluding tert-OH is 2. The van der Waals surface area contributed by atoms with Gasteiger partial charge in [0.15, 0.2) is 0 Å². The van der Waals surface area contributed by atoms with Crippen LogP contribution in [0.3, 0.4) is 0 Å². The molecule has 1 heterocycles. The molecule has 7 N–H and O–H groups in total. The van der Waals surface area contributed by atoms with E-state index in [-0.39, 0.29) is 26.4 Å². The molecule has 36 heavy (non-hydrogen) atoms. The maximum absolute atomic E-state index is 12.7. The van der Waals surface area contributed by atoms with Gasteiger partial charge in [-0.1, -0.05) is 0 Å². The van der Waals surface area contributed by atoms with Gasteiger partial charge in [0.2, 0.25) is 11.8 Å². The Kier molecular flexibility index (Phi) is 13.3. The highest BCUT2D eigenvalue weighted by Crippen LogP contribution is 2.01. The number of aliphatic hydroxyl groups is 2. The van der Waals surface area contributed by atoms with Gasteiger partial charge >= 0.3 is 6.03 Å². The van der Waals surface area contributed by atoms with Gasteiger partial charge < -0.3 is 41.0 Å². The number of ketones is 1. The van der Waals surface area contributed by atoms with E-state index in [1.54, 1.807) is 0 Å². The molecular formula is C20H34N6O10. The van der Waals surface area contributed by atoms with E-state index in [9.17, 15) is 39.0 Å². The number of amides is 6. The number of urea groups is 1. The highest BCUT2D eigenvalue weighted by molar-refractivity contribution is 5.95. The normalized spacial score (nSPS) is 25.3. The summed E-state index contributed by atoms with van der Waals surface area (Å²) in [6.45, 7) is 1.44. The number of likely N-dealkylation sites (N-methyl/N-ethyl adjacent to an activating group) is 1. The minimum Gasteiger partial charge on any atom is -0.394 e. The van der Waals surface area contributed by atoms with Crippen LogP contribution in [0.2, 0.25) is 0 Å². The quantitative estimate of drug-likeness (QED) is 0.189. The Bertz CT molecular complexity index is 808. The molecule has 16 nitrogen and oxygen atoms in total. The third-order valence-electron chi connectivity index (χ3n) is 4.74. The number of Topliss-reactive ketones (excluding diaryl/α,β-unsaturated/α-hetero) is 1. The first-order valence-corrected chi connectivity index (χ1v) is 11.1. The number of hydrazine groups is 1. The van der Waals surface area contributed by atoms with E-state index in [0.717, 1.165) is 7.05 Å². The SMILES string of the molecule is CC(=O)C[C@H]1NC(=O)N[C@H](CO)C(=O)NCCOCCOCC(=O)N[C@H](C(C)O)C(=O)N(C)NC1=O. The molecule has 1 rings (SSSR count). The Hall–Kier alpha value is -3.34. The fourth-order valence-electron chi connectivity index (χ4n) is 2.91. The molecule has 6 amide bonds. The molecule has 1 aliphatic rings. The molecule has 1 fully saturated rings. The molecule has 204 valence electrons. The predicted molar refractivity (Wildman–Crippen MR) is 121 cm³/mol. The summed E-state index contributed by atoms with van der Waals surface area (Å²) in [4.78, 5) is 73.8. The van der Waals surface area contributed by atoms with Gasteiger partial charge in [0.05, 0.1) is 32.5 Å². The van der Waals surface area contributed by atoms with Crippen LogP contribution in [0.1, 0.15) is 20.3 Å². The van der Waals surface area contributed by atoms with E-state index in [1.807, 2.05) is 0 Å². The topological polar surface area (TPSA) is 225 Å². The van der Waals surface area contributed by atoms with Crippen LogP contribution in [0.4, 0.5) is 4.79 Å². The molecule has 0 radical (unpaired) electrons. The summed E-state index contributed by atoms with van der Waals surface area (Å²) >= 11 is 0. The largest absolute Gasteiger partial charge is 0.394 e. The van der Waals surface area contributed by atoms with E-state index in [2.05, 4.69) is 26.7 Å². The summed E-state index contributed by atoms with van der Waals surface area (Å²) in [5, 5.41) is 29.3. The van der Waals surface area contributed by atoms with Gasteiger partial charge in [-0.2, -0.15) is 0 Å². The molecular weight excluding hydrogens is 484 g/mol. The molecule has 0 spiro atoms. The summed E-state index contributed by atoms with van der Waals surface area (Å²) in [7, 11) is 1.14. The second-order valence-electron chi connectivity index (χ2n) is 7.93. The maximum Gasteiger partial charge on any atom is 0.316 e. The zero-order chi connectivity index (χ0) is 27.3. The van der Waals surface area contributed by atoms with Gasteiger partial charge in [-0.15, -0.1) is 0 Å². The monoisotopic (exact) mass is 518 g/mol. The zero-order valence-corrected chi connectivity index (χ0v) is 20.4. The first-order valence-electron chi connectivity index (χ1n) is 11.1. The van der Waals surface area contributed by atoms with Crippen LogP contribution in [0.5, 0.6) is 0 Å². The smallest absolute Gasteiger partial charge is 0.316 e. The number of rotatable bonds is 4. The Balaban J connectivity index is 3.08. The van der Waals surface area contributed by atoms with Gasteiger partial charge in [0, 0.05) is 20.0 Å². The van der Waals surface area contributed by atoms with Crippen LogP contribution < -0.4 is 26.7 Å². The molecule has 1 unspecified atom stereocenters. The number of carbonyl (C=O) groups is 6. The lowest BCUT2D eigenvalue weighted by Crippen LogP contribution is -2.61. The van der Waals surface area contributed by atoms with Crippen molar-refractivity contribution in [3.05, 3.63) is 0 Å². The summed E-state index contributed by atoms with van der Waals surface area (Å²) in [6.07, 6.45) is -1.80. The van der Waals surface area contributed by atoms with E-state index in [0.29, 0.717) is 5.01 Å². The van der Waals surface area contributed by atoms with Crippen molar-refractivity contribution in [1.29, 1.82) is 0 Å². The second kappa shape index (κ2) is 15.6. The van der Waals surface area contributed by atoms with Crippen molar-refractivity contribution in [3.63, 3.8) is 0 Å². The zero-order valence-electron chi connectivity index (χ0n) is 20.4. The van der Waals surface area contributed by atoms with Gasteiger partial charge in [-0.05, 0) is 13.8 Å². The van der Waals surface area contributed by atoms with Crippen LogP contribution in [-0.4, -0.2) is 122 Å². The average molecular weight is 519 g/mol. The first-order chi connectivity index (χ1) is 17.0. The molecule has 0 aromatic rings. The van der Waals surface area contributed by atoms with E-state index < -0.39 is 79.3 Å². The Morgan fingerprint density at radius 1 is 1.03 bits per heavy atom. The number of carbonyl (C=O) groups excluding carboxylic acids is 6. The fraction of sp³-hybridized carbons (Fsp3) is 0.700. The summed E-state index contributed by atoms with van der Waals surface area (Å²) in [5.41, 5.74) is 2.18. The first kappa shape index (κ1) is 30.7. The van der Waals surface area contributed by atoms with Gasteiger partial charge in [0.25, 0.3) is 11.8 Å². The molecule has 0 aromatic heterocycles. The molecule has 0 aromatic carbocycles. The van der Waals surface area contributed by atoms with Gasteiger partial charge in [-0.3, -0.25) is 34.4 Å². The molecule has 0 bridgehead atoms. The average Bonchev–Trinajstić information content (AvgIpc) is 2.80. The van der Waals surface area contributed by atoms with Crippen LogP contribution in [-0.2, 0) is 33.4 Å². The van der Waals surface area contributed by atoms with Crippen molar-refractivity contribution in [2.75, 3.05) is 46.6 Å². The second-order valence-corrected chi connectivity index (χ2v) is 7.93. The Morgan fingerprint density at radius 3 is 2.28 bits per heavy atom. The van der Waals surface area contributed by atoms with Crippen LogP contribution in [0.15, 0.2) is 0 Å². The third-order valence-corrected chi connectivity index (χ3v) is 4.74. The number of hydrogen-bond donors (Lipinski definition) is 7. The third kappa shape index (κ3) is 10.9. The van der Waals surface area contributed by atoms with Crippen LogP contribution in [0.25, 0.3) is 0 Å². The lowest BCUT2D eigenvalue weighted by molar-refractivity contribution is -0.146. The van der Waals surface area contributed by atoms with Crippen LogP contribution in [0, 0.1) is 0 Å². The molecule has 0 saturated carbocycles. The maximum atomic E-state index is 12.7.